The molecule has 0 saturated heterocycles. The van der Waals surface area contributed by atoms with E-state index in [2.05, 4.69) is 42.8 Å². The first-order valence-corrected chi connectivity index (χ1v) is 5.85. The lowest BCUT2D eigenvalue weighted by Crippen LogP contribution is -2.37. The number of pyridine rings is 1. The van der Waals surface area contributed by atoms with Crippen LogP contribution in [0.1, 0.15) is 45.2 Å². The molecule has 0 saturated carbocycles. The highest BCUT2D eigenvalue weighted by Crippen LogP contribution is 1.99. The van der Waals surface area contributed by atoms with Gasteiger partial charge < -0.3 is 0 Å². The van der Waals surface area contributed by atoms with E-state index in [1.807, 2.05) is 0 Å². The molecule has 0 atom stereocenters. The standard InChI is InChI=1S/C13H22N/c1-3-5-6-8-11-14-12-9-7-10-13(14)4-2/h7,9-10,12H,3-6,8,11H2,1-2H3/q+1. The molecule has 0 fully saturated rings. The second-order valence-corrected chi connectivity index (χ2v) is 3.80. The maximum atomic E-state index is 2.38. The Kier molecular flexibility index (Phi) is 5.28. The number of nitrogens with zero attached hydrogens (tertiary/aromatic N) is 1. The van der Waals surface area contributed by atoms with E-state index in [1.165, 1.54) is 37.9 Å². The lowest BCUT2D eigenvalue weighted by molar-refractivity contribution is -0.704. The molecule has 0 bridgehead atoms. The van der Waals surface area contributed by atoms with Gasteiger partial charge in [0.25, 0.3) is 0 Å². The molecule has 0 N–H and O–H groups in total. The van der Waals surface area contributed by atoms with E-state index in [9.17, 15) is 0 Å². The smallest absolute Gasteiger partial charge is 0.181 e. The summed E-state index contributed by atoms with van der Waals surface area (Å²) in [5.74, 6) is 0. The summed E-state index contributed by atoms with van der Waals surface area (Å²) in [5, 5.41) is 0. The summed E-state index contributed by atoms with van der Waals surface area (Å²) >= 11 is 0. The number of rotatable bonds is 6. The molecule has 78 valence electrons. The van der Waals surface area contributed by atoms with Crippen molar-refractivity contribution in [1.29, 1.82) is 0 Å². The third kappa shape index (κ3) is 3.49. The largest absolute Gasteiger partial charge is 0.202 e. The lowest BCUT2D eigenvalue weighted by atomic mass is 10.2. The first-order valence-electron chi connectivity index (χ1n) is 5.85. The van der Waals surface area contributed by atoms with Gasteiger partial charge in [-0.25, -0.2) is 4.57 Å². The molecule has 0 aliphatic carbocycles. The van der Waals surface area contributed by atoms with Crippen LogP contribution in [0.4, 0.5) is 0 Å². The average Bonchev–Trinajstić information content (AvgIpc) is 2.25. The fourth-order valence-corrected chi connectivity index (χ4v) is 1.76. The number of aromatic nitrogens is 1. The maximum absolute atomic E-state index is 2.38. The predicted octanol–water partition coefficient (Wildman–Crippen LogP) is 3.12. The van der Waals surface area contributed by atoms with E-state index >= 15 is 0 Å². The van der Waals surface area contributed by atoms with Crippen molar-refractivity contribution >= 4 is 0 Å². The third-order valence-electron chi connectivity index (χ3n) is 2.65. The molecule has 1 aromatic heterocycles. The van der Waals surface area contributed by atoms with E-state index in [4.69, 9.17) is 0 Å². The normalized spacial score (nSPS) is 10.4. The van der Waals surface area contributed by atoms with Gasteiger partial charge in [-0.3, -0.25) is 0 Å². The Morgan fingerprint density at radius 3 is 2.64 bits per heavy atom. The zero-order valence-corrected chi connectivity index (χ0v) is 9.50. The predicted molar refractivity (Wildman–Crippen MR) is 60.2 cm³/mol. The molecule has 0 radical (unpaired) electrons. The highest BCUT2D eigenvalue weighted by molar-refractivity contribution is 4.96. The van der Waals surface area contributed by atoms with E-state index < -0.39 is 0 Å². The van der Waals surface area contributed by atoms with Crippen molar-refractivity contribution in [2.24, 2.45) is 0 Å². The van der Waals surface area contributed by atoms with Crippen molar-refractivity contribution in [3.63, 3.8) is 0 Å². The van der Waals surface area contributed by atoms with Gasteiger partial charge in [-0.15, -0.1) is 0 Å². The summed E-state index contributed by atoms with van der Waals surface area (Å²) in [6, 6.07) is 6.47. The minimum Gasteiger partial charge on any atom is -0.202 e. The van der Waals surface area contributed by atoms with Crippen LogP contribution in [0.15, 0.2) is 24.4 Å². The Hall–Kier alpha value is -0.850. The second kappa shape index (κ2) is 6.58. The summed E-state index contributed by atoms with van der Waals surface area (Å²) in [7, 11) is 0. The van der Waals surface area contributed by atoms with Crippen LogP contribution in [0.25, 0.3) is 0 Å². The van der Waals surface area contributed by atoms with Gasteiger partial charge in [0.2, 0.25) is 0 Å². The topological polar surface area (TPSA) is 3.88 Å². The maximum Gasteiger partial charge on any atom is 0.181 e. The first-order chi connectivity index (χ1) is 6.88. The van der Waals surface area contributed by atoms with Gasteiger partial charge in [0, 0.05) is 25.0 Å². The van der Waals surface area contributed by atoms with E-state index in [1.54, 1.807) is 0 Å². The van der Waals surface area contributed by atoms with Gasteiger partial charge in [-0.1, -0.05) is 32.8 Å². The second-order valence-electron chi connectivity index (χ2n) is 3.80. The minimum absolute atomic E-state index is 1.13. The molecule has 1 heterocycles. The van der Waals surface area contributed by atoms with E-state index in [0.29, 0.717) is 0 Å². The van der Waals surface area contributed by atoms with Crippen molar-refractivity contribution < 1.29 is 4.57 Å². The number of hydrogen-bond acceptors (Lipinski definition) is 0. The summed E-state index contributed by atoms with van der Waals surface area (Å²) < 4.78 is 2.38. The molecule has 0 unspecified atom stereocenters. The van der Waals surface area contributed by atoms with Crippen molar-refractivity contribution in [2.75, 3.05) is 0 Å². The van der Waals surface area contributed by atoms with E-state index in [-0.39, 0.29) is 0 Å². The average molecular weight is 192 g/mol. The fourth-order valence-electron chi connectivity index (χ4n) is 1.76. The van der Waals surface area contributed by atoms with Crippen LogP contribution >= 0.6 is 0 Å². The number of hydrogen-bond donors (Lipinski definition) is 0. The number of unbranched alkanes of at least 4 members (excludes halogenated alkanes) is 3. The Labute approximate surface area is 87.8 Å². The Morgan fingerprint density at radius 1 is 1.07 bits per heavy atom. The van der Waals surface area contributed by atoms with Crippen LogP contribution in [-0.2, 0) is 13.0 Å². The van der Waals surface area contributed by atoms with Crippen LogP contribution in [-0.4, -0.2) is 0 Å². The monoisotopic (exact) mass is 192 g/mol. The number of aryl methyl sites for hydroxylation is 2. The molecule has 0 aliphatic rings. The van der Waals surface area contributed by atoms with E-state index in [0.717, 1.165) is 6.42 Å². The van der Waals surface area contributed by atoms with Gasteiger partial charge >= 0.3 is 0 Å². The molecule has 0 spiro atoms. The molecule has 1 rings (SSSR count). The molecule has 0 amide bonds. The molecule has 14 heavy (non-hydrogen) atoms. The molecule has 1 nitrogen and oxygen atoms in total. The fraction of sp³-hybridized carbons (Fsp3) is 0.615. The van der Waals surface area contributed by atoms with Crippen LogP contribution in [0, 0.1) is 0 Å². The van der Waals surface area contributed by atoms with Gasteiger partial charge in [-0.2, -0.15) is 0 Å². The summed E-state index contributed by atoms with van der Waals surface area (Å²) in [6.07, 6.45) is 8.70. The van der Waals surface area contributed by atoms with Crippen molar-refractivity contribution in [1.82, 2.24) is 0 Å². The molecule has 0 aromatic carbocycles. The van der Waals surface area contributed by atoms with Crippen LogP contribution < -0.4 is 4.57 Å². The van der Waals surface area contributed by atoms with Crippen LogP contribution in [0.5, 0.6) is 0 Å². The zero-order valence-electron chi connectivity index (χ0n) is 9.50. The lowest BCUT2D eigenvalue weighted by Gasteiger charge is -2.01. The molecular weight excluding hydrogens is 170 g/mol. The minimum atomic E-state index is 1.13. The van der Waals surface area contributed by atoms with Crippen molar-refractivity contribution in [2.45, 2.75) is 52.5 Å². The third-order valence-corrected chi connectivity index (χ3v) is 2.65. The van der Waals surface area contributed by atoms with Gasteiger partial charge in [0.05, 0.1) is 0 Å². The van der Waals surface area contributed by atoms with Crippen LogP contribution in [0.3, 0.4) is 0 Å². The summed E-state index contributed by atoms with van der Waals surface area (Å²) in [4.78, 5) is 0. The van der Waals surface area contributed by atoms with Gasteiger partial charge in [0.15, 0.2) is 11.9 Å². The van der Waals surface area contributed by atoms with Crippen molar-refractivity contribution in [3.05, 3.63) is 30.1 Å². The Morgan fingerprint density at radius 2 is 1.93 bits per heavy atom. The highest BCUT2D eigenvalue weighted by atomic mass is 14.9. The zero-order chi connectivity index (χ0) is 10.2. The quantitative estimate of drug-likeness (QED) is 0.481. The van der Waals surface area contributed by atoms with Gasteiger partial charge in [-0.05, 0) is 6.42 Å². The molecule has 1 heteroatoms. The first kappa shape index (κ1) is 11.2. The molecular formula is C13H22N+. The Balaban J connectivity index is 2.41. The summed E-state index contributed by atoms with van der Waals surface area (Å²) in [5.41, 5.74) is 1.45. The van der Waals surface area contributed by atoms with Crippen molar-refractivity contribution in [3.8, 4) is 0 Å². The molecule has 0 aliphatic heterocycles. The summed E-state index contributed by atoms with van der Waals surface area (Å²) in [6.45, 7) is 5.66. The highest BCUT2D eigenvalue weighted by Gasteiger charge is 2.05. The van der Waals surface area contributed by atoms with Gasteiger partial charge in [0.1, 0.15) is 6.54 Å². The van der Waals surface area contributed by atoms with Crippen LogP contribution in [0.2, 0.25) is 0 Å². The Bertz CT molecular complexity index is 255. The SMILES string of the molecule is CCCCCC[n+]1ccccc1CC. The molecule has 1 aromatic rings.